The number of amides is 3. The third-order valence-corrected chi connectivity index (χ3v) is 1.36. The Hall–Kier alpha value is -1.32. The maximum atomic E-state index is 10.9. The lowest BCUT2D eigenvalue weighted by Crippen LogP contribution is -2.26. The van der Waals surface area contributed by atoms with Crippen LogP contribution in [-0.2, 0) is 4.79 Å². The molecule has 0 aromatic rings. The predicted octanol–water partition coefficient (Wildman–Crippen LogP) is 0.0239. The van der Waals surface area contributed by atoms with E-state index in [1.54, 1.807) is 7.05 Å². The van der Waals surface area contributed by atoms with E-state index in [1.165, 1.54) is 11.1 Å². The highest BCUT2D eigenvalue weighted by molar-refractivity contribution is 6.02. The molecule has 1 aliphatic heterocycles. The summed E-state index contributed by atoms with van der Waals surface area (Å²) in [6, 6.07) is -0.306. The summed E-state index contributed by atoms with van der Waals surface area (Å²) in [6.45, 7) is 3.49. The quantitative estimate of drug-likeness (QED) is 0.482. The minimum Gasteiger partial charge on any atom is -0.318 e. The maximum absolute atomic E-state index is 10.9. The fraction of sp³-hybridized carbons (Fsp3) is 0.333. The lowest BCUT2D eigenvalue weighted by atomic mass is 10.6. The van der Waals surface area contributed by atoms with E-state index in [4.69, 9.17) is 0 Å². The molecule has 1 aliphatic rings. The maximum Gasteiger partial charge on any atom is 0.331 e. The fourth-order valence-corrected chi connectivity index (χ4v) is 0.817. The number of imide groups is 1. The number of carbonyl (C=O) groups excluding carboxylic acids is 2. The Labute approximate surface area is 58.7 Å². The lowest BCUT2D eigenvalue weighted by molar-refractivity contribution is -0.123. The van der Waals surface area contributed by atoms with Gasteiger partial charge in [0.25, 0.3) is 5.91 Å². The molecule has 0 atom stereocenters. The van der Waals surface area contributed by atoms with Crippen LogP contribution in [0.3, 0.4) is 0 Å². The van der Waals surface area contributed by atoms with Gasteiger partial charge in [0.05, 0.1) is 0 Å². The van der Waals surface area contributed by atoms with E-state index in [9.17, 15) is 9.59 Å². The van der Waals surface area contributed by atoms with Crippen molar-refractivity contribution in [3.05, 3.63) is 12.8 Å². The van der Waals surface area contributed by atoms with Crippen LogP contribution in [0.5, 0.6) is 0 Å². The summed E-state index contributed by atoms with van der Waals surface area (Å²) in [7, 11) is 1.57. The third kappa shape index (κ3) is 0.775. The molecule has 0 aromatic carbocycles. The molecular weight excluding hydrogens is 132 g/mol. The highest BCUT2D eigenvalue weighted by Crippen LogP contribution is 2.06. The predicted molar refractivity (Wildman–Crippen MR) is 35.1 cm³/mol. The fourth-order valence-electron chi connectivity index (χ4n) is 0.817. The molecular formula is C6H8N2O2. The first-order chi connectivity index (χ1) is 4.66. The van der Waals surface area contributed by atoms with E-state index in [-0.39, 0.29) is 18.5 Å². The van der Waals surface area contributed by atoms with Gasteiger partial charge < -0.3 is 4.90 Å². The summed E-state index contributed by atoms with van der Waals surface area (Å²) in [5.74, 6) is -0.220. The molecule has 4 nitrogen and oxygen atoms in total. The Bertz CT molecular complexity index is 200. The smallest absolute Gasteiger partial charge is 0.318 e. The van der Waals surface area contributed by atoms with Crippen molar-refractivity contribution in [2.24, 2.45) is 0 Å². The molecule has 1 saturated heterocycles. The molecule has 10 heavy (non-hydrogen) atoms. The van der Waals surface area contributed by atoms with E-state index in [2.05, 4.69) is 6.58 Å². The minimum atomic E-state index is -0.306. The monoisotopic (exact) mass is 140 g/mol. The molecule has 0 N–H and O–H groups in total. The van der Waals surface area contributed by atoms with Crippen molar-refractivity contribution in [1.29, 1.82) is 0 Å². The molecule has 1 fully saturated rings. The second kappa shape index (κ2) is 2.13. The topological polar surface area (TPSA) is 40.6 Å². The van der Waals surface area contributed by atoms with Gasteiger partial charge in [-0.2, -0.15) is 0 Å². The van der Waals surface area contributed by atoms with Crippen LogP contribution < -0.4 is 0 Å². The molecule has 0 radical (unpaired) electrons. The van der Waals surface area contributed by atoms with Crippen molar-refractivity contribution < 1.29 is 9.59 Å². The van der Waals surface area contributed by atoms with Gasteiger partial charge in [-0.25, -0.2) is 9.69 Å². The van der Waals surface area contributed by atoms with Gasteiger partial charge in [0.2, 0.25) is 0 Å². The minimum absolute atomic E-state index is 0.158. The number of urea groups is 1. The highest BCUT2D eigenvalue weighted by atomic mass is 16.2. The second-order valence-electron chi connectivity index (χ2n) is 2.08. The number of hydrogen-bond acceptors (Lipinski definition) is 2. The van der Waals surface area contributed by atoms with Crippen molar-refractivity contribution in [2.75, 3.05) is 13.6 Å². The van der Waals surface area contributed by atoms with Crippen LogP contribution in [0.2, 0.25) is 0 Å². The van der Waals surface area contributed by atoms with Gasteiger partial charge in [-0.3, -0.25) is 4.79 Å². The van der Waals surface area contributed by atoms with Crippen LogP contribution in [0.1, 0.15) is 0 Å². The summed E-state index contributed by atoms with van der Waals surface area (Å²) in [5.41, 5.74) is 0. The van der Waals surface area contributed by atoms with Gasteiger partial charge in [-0.1, -0.05) is 6.58 Å². The number of carbonyl (C=O) groups is 2. The molecule has 4 heteroatoms. The normalized spacial score (nSPS) is 18.5. The summed E-state index contributed by atoms with van der Waals surface area (Å²) in [6.07, 6.45) is 1.23. The lowest BCUT2D eigenvalue weighted by Gasteiger charge is -2.06. The largest absolute Gasteiger partial charge is 0.331 e. The van der Waals surface area contributed by atoms with Crippen molar-refractivity contribution in [3.63, 3.8) is 0 Å². The van der Waals surface area contributed by atoms with Crippen LogP contribution in [0.15, 0.2) is 12.8 Å². The van der Waals surface area contributed by atoms with E-state index >= 15 is 0 Å². The van der Waals surface area contributed by atoms with E-state index < -0.39 is 0 Å². The van der Waals surface area contributed by atoms with E-state index in [1.807, 2.05) is 0 Å². The highest BCUT2D eigenvalue weighted by Gasteiger charge is 2.31. The molecule has 0 unspecified atom stereocenters. The zero-order valence-electron chi connectivity index (χ0n) is 5.70. The zero-order chi connectivity index (χ0) is 7.72. The van der Waals surface area contributed by atoms with Gasteiger partial charge in [0, 0.05) is 13.2 Å². The van der Waals surface area contributed by atoms with Crippen molar-refractivity contribution in [3.8, 4) is 0 Å². The van der Waals surface area contributed by atoms with Crippen LogP contribution in [0, 0.1) is 0 Å². The molecule has 1 rings (SSSR count). The second-order valence-corrected chi connectivity index (χ2v) is 2.08. The third-order valence-electron chi connectivity index (χ3n) is 1.36. The Morgan fingerprint density at radius 2 is 2.20 bits per heavy atom. The van der Waals surface area contributed by atoms with Crippen molar-refractivity contribution in [2.45, 2.75) is 0 Å². The van der Waals surface area contributed by atoms with Crippen molar-refractivity contribution >= 4 is 11.9 Å². The molecule has 0 spiro atoms. The van der Waals surface area contributed by atoms with Gasteiger partial charge in [-0.05, 0) is 0 Å². The van der Waals surface area contributed by atoms with Gasteiger partial charge in [0.15, 0.2) is 0 Å². The average Bonchev–Trinajstić information content (AvgIpc) is 2.09. The van der Waals surface area contributed by atoms with Crippen LogP contribution in [0.25, 0.3) is 0 Å². The summed E-state index contributed by atoms with van der Waals surface area (Å²) in [5, 5.41) is 0. The van der Waals surface area contributed by atoms with Gasteiger partial charge in [0.1, 0.15) is 6.54 Å². The average molecular weight is 140 g/mol. The summed E-state index contributed by atoms with van der Waals surface area (Å²) in [4.78, 5) is 24.1. The number of rotatable bonds is 1. The van der Waals surface area contributed by atoms with Crippen LogP contribution >= 0.6 is 0 Å². The molecule has 54 valence electrons. The van der Waals surface area contributed by atoms with Crippen LogP contribution in [-0.4, -0.2) is 35.3 Å². The Kier molecular flexibility index (Phi) is 1.45. The SMILES string of the molecule is C=CN1C(=O)CN(C)C1=O. The Morgan fingerprint density at radius 1 is 1.60 bits per heavy atom. The van der Waals surface area contributed by atoms with Gasteiger partial charge >= 0.3 is 6.03 Å². The Morgan fingerprint density at radius 3 is 2.40 bits per heavy atom. The standard InChI is InChI=1S/C6H8N2O2/c1-3-8-5(9)4-7(2)6(8)10/h3H,1,4H2,2H3. The Balaban J connectivity index is 2.83. The molecule has 3 amide bonds. The number of nitrogens with zero attached hydrogens (tertiary/aromatic N) is 2. The first-order valence-electron chi connectivity index (χ1n) is 2.86. The van der Waals surface area contributed by atoms with E-state index in [0.717, 1.165) is 4.90 Å². The molecule has 1 heterocycles. The zero-order valence-corrected chi connectivity index (χ0v) is 5.70. The summed E-state index contributed by atoms with van der Waals surface area (Å²) >= 11 is 0. The summed E-state index contributed by atoms with van der Waals surface area (Å²) < 4.78 is 0. The number of likely N-dealkylation sites (N-methyl/N-ethyl adjacent to an activating group) is 1. The first kappa shape index (κ1) is 6.80. The molecule has 0 aromatic heterocycles. The van der Waals surface area contributed by atoms with Gasteiger partial charge in [-0.15, -0.1) is 0 Å². The van der Waals surface area contributed by atoms with E-state index in [0.29, 0.717) is 0 Å². The van der Waals surface area contributed by atoms with Crippen LogP contribution in [0.4, 0.5) is 4.79 Å². The first-order valence-corrected chi connectivity index (χ1v) is 2.86. The number of hydrogen-bond donors (Lipinski definition) is 0. The molecule has 0 aliphatic carbocycles. The molecule has 0 saturated carbocycles. The molecule has 0 bridgehead atoms. The van der Waals surface area contributed by atoms with Crippen molar-refractivity contribution in [1.82, 2.24) is 9.80 Å².